The molecule has 0 aliphatic carbocycles. The number of nitrogens with one attached hydrogen (secondary N) is 1. The largest absolute Gasteiger partial charge is 0.496 e. The number of benzene rings is 2. The van der Waals surface area contributed by atoms with Crippen molar-refractivity contribution >= 4 is 17.5 Å². The maximum Gasteiger partial charge on any atom is 0.251 e. The summed E-state index contributed by atoms with van der Waals surface area (Å²) in [6.07, 6.45) is 0.779. The first-order valence-electron chi connectivity index (χ1n) is 7.79. The van der Waals surface area contributed by atoms with Crippen molar-refractivity contribution in [3.8, 4) is 11.5 Å². The third kappa shape index (κ3) is 4.01. The van der Waals surface area contributed by atoms with E-state index in [1.54, 1.807) is 32.4 Å². The fourth-order valence-corrected chi connectivity index (χ4v) is 2.85. The van der Waals surface area contributed by atoms with Gasteiger partial charge in [0, 0.05) is 5.56 Å². The lowest BCUT2D eigenvalue weighted by Gasteiger charge is -2.19. The fraction of sp³-hybridized carbons (Fsp3) is 0.316. The Morgan fingerprint density at radius 1 is 1.12 bits per heavy atom. The average Bonchev–Trinajstić information content (AvgIpc) is 2.59. The molecular weight excluding hydrogens is 326 g/mol. The van der Waals surface area contributed by atoms with Crippen LogP contribution in [0.2, 0.25) is 5.02 Å². The van der Waals surface area contributed by atoms with Crippen LogP contribution in [0.15, 0.2) is 36.4 Å². The van der Waals surface area contributed by atoms with E-state index < -0.39 is 0 Å². The molecule has 2 aromatic rings. The van der Waals surface area contributed by atoms with Crippen molar-refractivity contribution in [2.45, 2.75) is 26.3 Å². The predicted octanol–water partition coefficient (Wildman–Crippen LogP) is 4.55. The van der Waals surface area contributed by atoms with Crippen LogP contribution in [-0.2, 0) is 0 Å². The lowest BCUT2D eigenvalue weighted by molar-refractivity contribution is 0.0935. The van der Waals surface area contributed by atoms with Gasteiger partial charge in [0.1, 0.15) is 11.5 Å². The molecule has 4 nitrogen and oxygen atoms in total. The number of halogens is 1. The summed E-state index contributed by atoms with van der Waals surface area (Å²) in [7, 11) is 3.19. The molecule has 0 aliphatic rings. The van der Waals surface area contributed by atoms with E-state index in [9.17, 15) is 4.79 Å². The van der Waals surface area contributed by atoms with E-state index in [4.69, 9.17) is 21.1 Å². The highest BCUT2D eigenvalue weighted by molar-refractivity contribution is 6.32. The van der Waals surface area contributed by atoms with E-state index >= 15 is 0 Å². The zero-order valence-electron chi connectivity index (χ0n) is 14.4. The third-order valence-electron chi connectivity index (χ3n) is 3.95. The molecule has 0 heterocycles. The van der Waals surface area contributed by atoms with E-state index in [0.29, 0.717) is 16.3 Å². The van der Waals surface area contributed by atoms with Crippen LogP contribution in [0, 0.1) is 6.92 Å². The number of rotatable bonds is 6. The molecule has 128 valence electrons. The van der Waals surface area contributed by atoms with Crippen LogP contribution in [0.5, 0.6) is 11.5 Å². The minimum absolute atomic E-state index is 0.0806. The molecule has 0 aromatic heterocycles. The molecule has 0 radical (unpaired) electrons. The highest BCUT2D eigenvalue weighted by Crippen LogP contribution is 2.27. The van der Waals surface area contributed by atoms with Crippen molar-refractivity contribution in [3.63, 3.8) is 0 Å². The van der Waals surface area contributed by atoms with Gasteiger partial charge in [-0.3, -0.25) is 4.79 Å². The van der Waals surface area contributed by atoms with Gasteiger partial charge in [0.25, 0.3) is 5.91 Å². The second-order valence-corrected chi connectivity index (χ2v) is 5.92. The van der Waals surface area contributed by atoms with Crippen LogP contribution >= 0.6 is 11.6 Å². The van der Waals surface area contributed by atoms with Crippen LogP contribution in [0.25, 0.3) is 0 Å². The van der Waals surface area contributed by atoms with E-state index in [-0.39, 0.29) is 11.9 Å². The maximum absolute atomic E-state index is 12.5. The average molecular weight is 348 g/mol. The summed E-state index contributed by atoms with van der Waals surface area (Å²) in [5, 5.41) is 3.46. The first-order valence-corrected chi connectivity index (χ1v) is 8.16. The molecule has 1 N–H and O–H groups in total. The number of aryl methyl sites for hydroxylation is 1. The summed E-state index contributed by atoms with van der Waals surface area (Å²) >= 11 is 6.10. The Kier molecular flexibility index (Phi) is 6.10. The quantitative estimate of drug-likeness (QED) is 0.834. The Morgan fingerprint density at radius 3 is 2.33 bits per heavy atom. The van der Waals surface area contributed by atoms with E-state index in [1.807, 2.05) is 32.0 Å². The highest BCUT2D eigenvalue weighted by atomic mass is 35.5. The maximum atomic E-state index is 12.5. The van der Waals surface area contributed by atoms with Crippen molar-refractivity contribution in [2.75, 3.05) is 14.2 Å². The first kappa shape index (κ1) is 18.1. The molecule has 2 aromatic carbocycles. The molecule has 0 aliphatic heterocycles. The lowest BCUT2D eigenvalue weighted by Crippen LogP contribution is -2.28. The fourth-order valence-electron chi connectivity index (χ4n) is 2.59. The molecule has 24 heavy (non-hydrogen) atoms. The summed E-state index contributed by atoms with van der Waals surface area (Å²) in [6, 6.07) is 10.9. The number of carbonyl (C=O) groups excluding carboxylic acids is 1. The van der Waals surface area contributed by atoms with Crippen molar-refractivity contribution in [2.24, 2.45) is 0 Å². The molecule has 0 bridgehead atoms. The second-order valence-electron chi connectivity index (χ2n) is 5.51. The molecule has 1 amide bonds. The summed E-state index contributed by atoms with van der Waals surface area (Å²) in [6.45, 7) is 4.02. The molecule has 0 spiro atoms. The summed E-state index contributed by atoms with van der Waals surface area (Å²) in [5.74, 6) is 1.22. The van der Waals surface area contributed by atoms with Crippen LogP contribution in [0.1, 0.15) is 40.9 Å². The lowest BCUT2D eigenvalue weighted by atomic mass is 10.0. The van der Waals surface area contributed by atoms with Crippen molar-refractivity contribution in [1.29, 1.82) is 0 Å². The summed E-state index contributed by atoms with van der Waals surface area (Å²) in [5.41, 5.74) is 2.59. The Balaban J connectivity index is 2.19. The Bertz CT molecular complexity index is 731. The van der Waals surface area contributed by atoms with Gasteiger partial charge in [0.15, 0.2) is 0 Å². The highest BCUT2D eigenvalue weighted by Gasteiger charge is 2.16. The van der Waals surface area contributed by atoms with Crippen LogP contribution in [0.3, 0.4) is 0 Å². The summed E-state index contributed by atoms with van der Waals surface area (Å²) < 4.78 is 10.4. The Morgan fingerprint density at radius 2 is 1.79 bits per heavy atom. The van der Waals surface area contributed by atoms with E-state index in [1.165, 1.54) is 0 Å². The molecule has 1 atom stereocenters. The topological polar surface area (TPSA) is 47.6 Å². The molecular formula is C19H22ClNO3. The van der Waals surface area contributed by atoms with Crippen molar-refractivity contribution in [1.82, 2.24) is 5.32 Å². The minimum Gasteiger partial charge on any atom is -0.496 e. The third-order valence-corrected chi connectivity index (χ3v) is 4.24. The van der Waals surface area contributed by atoms with Gasteiger partial charge in [-0.05, 0) is 48.7 Å². The Labute approximate surface area is 147 Å². The van der Waals surface area contributed by atoms with Crippen molar-refractivity contribution in [3.05, 3.63) is 58.1 Å². The van der Waals surface area contributed by atoms with Gasteiger partial charge in [0.05, 0.1) is 25.3 Å². The number of ether oxygens (including phenoxy) is 2. The van der Waals surface area contributed by atoms with E-state index in [0.717, 1.165) is 23.3 Å². The zero-order valence-corrected chi connectivity index (χ0v) is 15.1. The standard InChI is InChI=1S/C19H22ClNO3/c1-5-16(13-6-8-17(23-3)12(2)10-13)21-19(22)14-7-9-18(24-4)15(20)11-14/h6-11,16H,5H2,1-4H3,(H,21,22)/t16-/m1/s1. The second kappa shape index (κ2) is 8.06. The smallest absolute Gasteiger partial charge is 0.251 e. The molecule has 5 heteroatoms. The zero-order chi connectivity index (χ0) is 17.7. The monoisotopic (exact) mass is 347 g/mol. The molecule has 2 rings (SSSR count). The van der Waals surface area contributed by atoms with Gasteiger partial charge in [-0.15, -0.1) is 0 Å². The molecule has 0 fully saturated rings. The van der Waals surface area contributed by atoms with Gasteiger partial charge >= 0.3 is 0 Å². The first-order chi connectivity index (χ1) is 11.5. The van der Waals surface area contributed by atoms with Crippen LogP contribution in [-0.4, -0.2) is 20.1 Å². The normalized spacial score (nSPS) is 11.7. The molecule has 0 saturated heterocycles. The number of amides is 1. The van der Waals surface area contributed by atoms with Crippen molar-refractivity contribution < 1.29 is 14.3 Å². The Hall–Kier alpha value is -2.20. The van der Waals surface area contributed by atoms with Gasteiger partial charge in [-0.2, -0.15) is 0 Å². The minimum atomic E-state index is -0.167. The summed E-state index contributed by atoms with van der Waals surface area (Å²) in [4.78, 5) is 12.5. The van der Waals surface area contributed by atoms with Crippen LogP contribution in [0.4, 0.5) is 0 Å². The number of carbonyl (C=O) groups is 1. The van der Waals surface area contributed by atoms with Crippen LogP contribution < -0.4 is 14.8 Å². The molecule has 0 unspecified atom stereocenters. The van der Waals surface area contributed by atoms with E-state index in [2.05, 4.69) is 5.32 Å². The van der Waals surface area contributed by atoms with Gasteiger partial charge in [-0.25, -0.2) is 0 Å². The van der Waals surface area contributed by atoms with Gasteiger partial charge < -0.3 is 14.8 Å². The van der Waals surface area contributed by atoms with Gasteiger partial charge in [0.2, 0.25) is 0 Å². The SMILES string of the molecule is CC[C@@H](NC(=O)c1ccc(OC)c(Cl)c1)c1ccc(OC)c(C)c1. The number of hydrogen-bond acceptors (Lipinski definition) is 3. The number of hydrogen-bond donors (Lipinski definition) is 1. The predicted molar refractivity (Wildman–Crippen MR) is 96.2 cm³/mol. The number of methoxy groups -OCH3 is 2. The van der Waals surface area contributed by atoms with Gasteiger partial charge in [-0.1, -0.05) is 30.7 Å². The molecule has 0 saturated carbocycles.